The average Bonchev–Trinajstić information content (AvgIpc) is 2.96. The summed E-state index contributed by atoms with van der Waals surface area (Å²) in [5.41, 5.74) is 3.71. The SMILES string of the molecule is Cc1cc2ncn(C(=O)C3CCN(C(=O)C(C)(C)C)CC3)c2cc1C. The van der Waals surface area contributed by atoms with E-state index in [1.807, 2.05) is 44.7 Å². The van der Waals surface area contributed by atoms with Gasteiger partial charge in [-0.1, -0.05) is 20.8 Å². The van der Waals surface area contributed by atoms with Crippen LogP contribution in [0.3, 0.4) is 0 Å². The van der Waals surface area contributed by atoms with E-state index in [-0.39, 0.29) is 23.1 Å². The first-order chi connectivity index (χ1) is 11.7. The zero-order valence-electron chi connectivity index (χ0n) is 15.8. The Bertz CT molecular complexity index is 821. The van der Waals surface area contributed by atoms with Crippen molar-refractivity contribution >= 4 is 22.8 Å². The molecule has 0 unspecified atom stereocenters. The highest BCUT2D eigenvalue weighted by molar-refractivity contribution is 5.92. The Morgan fingerprint density at radius 1 is 1.08 bits per heavy atom. The molecule has 1 aliphatic rings. The third kappa shape index (κ3) is 3.32. The standard InChI is InChI=1S/C20H27N3O2/c1-13-10-16-17(11-14(13)2)23(12-21-16)18(24)15-6-8-22(9-7-15)19(25)20(3,4)5/h10-12,15H,6-9H2,1-5H3. The molecule has 0 aliphatic carbocycles. The van der Waals surface area contributed by atoms with E-state index in [4.69, 9.17) is 0 Å². The molecule has 2 heterocycles. The smallest absolute Gasteiger partial charge is 0.235 e. The van der Waals surface area contributed by atoms with Gasteiger partial charge in [0.05, 0.1) is 11.0 Å². The number of fused-ring (bicyclic) bond motifs is 1. The summed E-state index contributed by atoms with van der Waals surface area (Å²) in [6, 6.07) is 4.06. The lowest BCUT2D eigenvalue weighted by molar-refractivity contribution is -0.140. The quantitative estimate of drug-likeness (QED) is 0.797. The molecule has 0 saturated carbocycles. The highest BCUT2D eigenvalue weighted by atomic mass is 16.2. The first kappa shape index (κ1) is 17.6. The van der Waals surface area contributed by atoms with Crippen LogP contribution in [-0.4, -0.2) is 39.4 Å². The monoisotopic (exact) mass is 341 g/mol. The fraction of sp³-hybridized carbons (Fsp3) is 0.550. The number of carbonyl (C=O) groups is 2. The van der Waals surface area contributed by atoms with Gasteiger partial charge in [-0.15, -0.1) is 0 Å². The van der Waals surface area contributed by atoms with E-state index in [0.717, 1.165) is 16.6 Å². The molecule has 0 radical (unpaired) electrons. The molecule has 25 heavy (non-hydrogen) atoms. The molecule has 0 atom stereocenters. The van der Waals surface area contributed by atoms with Gasteiger partial charge in [-0.3, -0.25) is 14.2 Å². The number of hydrogen-bond acceptors (Lipinski definition) is 3. The molecule has 0 N–H and O–H groups in total. The van der Waals surface area contributed by atoms with Gasteiger partial charge in [0.1, 0.15) is 6.33 Å². The molecule has 5 nitrogen and oxygen atoms in total. The van der Waals surface area contributed by atoms with Crippen molar-refractivity contribution in [3.63, 3.8) is 0 Å². The number of rotatable bonds is 1. The van der Waals surface area contributed by atoms with E-state index < -0.39 is 0 Å². The van der Waals surface area contributed by atoms with Crippen molar-refractivity contribution in [3.8, 4) is 0 Å². The number of benzene rings is 1. The minimum Gasteiger partial charge on any atom is -0.342 e. The summed E-state index contributed by atoms with van der Waals surface area (Å²) < 4.78 is 1.69. The molecule has 134 valence electrons. The predicted octanol–water partition coefficient (Wildman–Crippen LogP) is 3.58. The molecule has 5 heteroatoms. The summed E-state index contributed by atoms with van der Waals surface area (Å²) in [6.07, 6.45) is 3.06. The topological polar surface area (TPSA) is 55.2 Å². The van der Waals surface area contributed by atoms with Crippen molar-refractivity contribution in [1.82, 2.24) is 14.5 Å². The van der Waals surface area contributed by atoms with Crippen LogP contribution in [0, 0.1) is 25.2 Å². The van der Waals surface area contributed by atoms with Gasteiger partial charge in [-0.2, -0.15) is 0 Å². The molecule has 1 fully saturated rings. The lowest BCUT2D eigenvalue weighted by Gasteiger charge is -2.35. The number of likely N-dealkylation sites (tertiary alicyclic amines) is 1. The average molecular weight is 341 g/mol. The molecule has 1 aromatic carbocycles. The molecular formula is C20H27N3O2. The first-order valence-corrected chi connectivity index (χ1v) is 8.96. The van der Waals surface area contributed by atoms with Gasteiger partial charge in [0.15, 0.2) is 0 Å². The maximum atomic E-state index is 13.0. The van der Waals surface area contributed by atoms with E-state index in [2.05, 4.69) is 11.9 Å². The summed E-state index contributed by atoms with van der Waals surface area (Å²) in [5.74, 6) is 0.203. The third-order valence-corrected chi connectivity index (χ3v) is 5.17. The van der Waals surface area contributed by atoms with E-state index >= 15 is 0 Å². The molecule has 1 aliphatic heterocycles. The van der Waals surface area contributed by atoms with Crippen LogP contribution in [-0.2, 0) is 4.79 Å². The second-order valence-corrected chi connectivity index (χ2v) is 8.19. The summed E-state index contributed by atoms with van der Waals surface area (Å²) in [4.78, 5) is 31.6. The van der Waals surface area contributed by atoms with Crippen LogP contribution < -0.4 is 0 Å². The van der Waals surface area contributed by atoms with Gasteiger partial charge in [-0.05, 0) is 49.9 Å². The first-order valence-electron chi connectivity index (χ1n) is 8.96. The summed E-state index contributed by atoms with van der Waals surface area (Å²) >= 11 is 0. The fourth-order valence-corrected chi connectivity index (χ4v) is 3.44. The van der Waals surface area contributed by atoms with Gasteiger partial charge in [0, 0.05) is 24.4 Å². The van der Waals surface area contributed by atoms with Crippen molar-refractivity contribution in [2.75, 3.05) is 13.1 Å². The lowest BCUT2D eigenvalue weighted by Crippen LogP contribution is -2.45. The Balaban J connectivity index is 1.75. The predicted molar refractivity (Wildman–Crippen MR) is 98.6 cm³/mol. The maximum absolute atomic E-state index is 13.0. The molecule has 1 saturated heterocycles. The molecule has 2 aromatic rings. The van der Waals surface area contributed by atoms with Crippen LogP contribution >= 0.6 is 0 Å². The number of piperidine rings is 1. The van der Waals surface area contributed by atoms with E-state index in [1.54, 1.807) is 10.9 Å². The van der Waals surface area contributed by atoms with Crippen LogP contribution in [0.1, 0.15) is 49.5 Å². The van der Waals surface area contributed by atoms with Gasteiger partial charge in [0.25, 0.3) is 0 Å². The highest BCUT2D eigenvalue weighted by Gasteiger charge is 2.33. The second kappa shape index (κ2) is 6.28. The fourth-order valence-electron chi connectivity index (χ4n) is 3.44. The highest BCUT2D eigenvalue weighted by Crippen LogP contribution is 2.26. The Kier molecular flexibility index (Phi) is 4.43. The van der Waals surface area contributed by atoms with Crippen LogP contribution in [0.25, 0.3) is 11.0 Å². The maximum Gasteiger partial charge on any atom is 0.235 e. The molecule has 1 amide bonds. The van der Waals surface area contributed by atoms with Crippen LogP contribution in [0.5, 0.6) is 0 Å². The van der Waals surface area contributed by atoms with Crippen molar-refractivity contribution in [3.05, 3.63) is 29.6 Å². The Morgan fingerprint density at radius 2 is 1.68 bits per heavy atom. The number of nitrogens with zero attached hydrogens (tertiary/aromatic N) is 3. The Morgan fingerprint density at radius 3 is 2.28 bits per heavy atom. The minimum absolute atomic E-state index is 0.0528. The van der Waals surface area contributed by atoms with Crippen LogP contribution in [0.15, 0.2) is 18.5 Å². The number of carbonyl (C=O) groups excluding carboxylic acids is 2. The lowest BCUT2D eigenvalue weighted by atomic mass is 9.90. The normalized spacial score (nSPS) is 16.4. The van der Waals surface area contributed by atoms with Crippen molar-refractivity contribution in [2.24, 2.45) is 11.3 Å². The van der Waals surface area contributed by atoms with Crippen LogP contribution in [0.4, 0.5) is 0 Å². The Hall–Kier alpha value is -2.17. The molecule has 3 rings (SSSR count). The number of imidazole rings is 1. The minimum atomic E-state index is -0.368. The number of amides is 1. The van der Waals surface area contributed by atoms with Crippen LogP contribution in [0.2, 0.25) is 0 Å². The largest absolute Gasteiger partial charge is 0.342 e. The van der Waals surface area contributed by atoms with Gasteiger partial charge in [0.2, 0.25) is 11.8 Å². The summed E-state index contributed by atoms with van der Waals surface area (Å²) in [7, 11) is 0. The molecule has 0 bridgehead atoms. The molecule has 1 aromatic heterocycles. The third-order valence-electron chi connectivity index (χ3n) is 5.17. The van der Waals surface area contributed by atoms with Crippen molar-refractivity contribution in [2.45, 2.75) is 47.5 Å². The zero-order chi connectivity index (χ0) is 18.4. The summed E-state index contributed by atoms with van der Waals surface area (Å²) in [6.45, 7) is 11.2. The van der Waals surface area contributed by atoms with Crippen molar-refractivity contribution < 1.29 is 9.59 Å². The Labute approximate surface area is 149 Å². The number of aryl methyl sites for hydroxylation is 2. The van der Waals surface area contributed by atoms with E-state index in [1.165, 1.54) is 5.56 Å². The molecular weight excluding hydrogens is 314 g/mol. The van der Waals surface area contributed by atoms with Gasteiger partial charge in [-0.25, -0.2) is 4.98 Å². The van der Waals surface area contributed by atoms with Gasteiger partial charge < -0.3 is 4.90 Å². The second-order valence-electron chi connectivity index (χ2n) is 8.19. The zero-order valence-corrected chi connectivity index (χ0v) is 15.8. The summed E-state index contributed by atoms with van der Waals surface area (Å²) in [5, 5.41) is 0. The number of hydrogen-bond donors (Lipinski definition) is 0. The van der Waals surface area contributed by atoms with Crippen molar-refractivity contribution in [1.29, 1.82) is 0 Å². The molecule has 0 spiro atoms. The van der Waals surface area contributed by atoms with Gasteiger partial charge >= 0.3 is 0 Å². The van der Waals surface area contributed by atoms with E-state index in [9.17, 15) is 9.59 Å². The number of aromatic nitrogens is 2. The van der Waals surface area contributed by atoms with E-state index in [0.29, 0.717) is 25.9 Å².